The van der Waals surface area contributed by atoms with Gasteiger partial charge < -0.3 is 5.32 Å². The Balaban J connectivity index is 2.16. The Bertz CT molecular complexity index is 551. The van der Waals surface area contributed by atoms with Gasteiger partial charge in [-0.1, -0.05) is 13.0 Å². The second kappa shape index (κ2) is 6.26. The van der Waals surface area contributed by atoms with E-state index in [0.717, 1.165) is 12.0 Å². The van der Waals surface area contributed by atoms with Crippen LogP contribution >= 0.6 is 11.3 Å². The maximum atomic E-state index is 13.2. The summed E-state index contributed by atoms with van der Waals surface area (Å²) in [6.45, 7) is 2.12. The Morgan fingerprint density at radius 3 is 2.53 bits per heavy atom. The van der Waals surface area contributed by atoms with Gasteiger partial charge in [0.15, 0.2) is 11.6 Å². The zero-order valence-electron chi connectivity index (χ0n) is 11.0. The van der Waals surface area contributed by atoms with Gasteiger partial charge in [0, 0.05) is 15.8 Å². The third-order valence-corrected chi connectivity index (χ3v) is 4.49. The Kier molecular flexibility index (Phi) is 4.66. The highest BCUT2D eigenvalue weighted by molar-refractivity contribution is 7.12. The Morgan fingerprint density at radius 1 is 1.16 bits per heavy atom. The number of rotatable bonds is 5. The molecule has 19 heavy (non-hydrogen) atoms. The molecule has 0 fully saturated rings. The summed E-state index contributed by atoms with van der Waals surface area (Å²) in [5, 5.41) is 3.23. The summed E-state index contributed by atoms with van der Waals surface area (Å²) in [5.41, 5.74) is 0.796. The first kappa shape index (κ1) is 14.2. The van der Waals surface area contributed by atoms with E-state index in [1.807, 2.05) is 7.05 Å². The van der Waals surface area contributed by atoms with Crippen LogP contribution in [0.5, 0.6) is 0 Å². The van der Waals surface area contributed by atoms with E-state index >= 15 is 0 Å². The lowest BCUT2D eigenvalue weighted by molar-refractivity contribution is 0.505. The number of thiophene rings is 1. The first-order valence-electron chi connectivity index (χ1n) is 6.33. The minimum atomic E-state index is -0.797. The highest BCUT2D eigenvalue weighted by Gasteiger charge is 2.13. The van der Waals surface area contributed by atoms with E-state index in [0.29, 0.717) is 6.42 Å². The highest BCUT2D eigenvalue weighted by atomic mass is 32.1. The van der Waals surface area contributed by atoms with Crippen molar-refractivity contribution in [1.82, 2.24) is 5.32 Å². The molecule has 0 saturated carbocycles. The molecule has 2 aromatic rings. The standard InChI is InChI=1S/C15H17F2NS/c1-3-11-5-7-15(19-11)14(18-2)9-10-4-6-12(16)13(17)8-10/h4-8,14,18H,3,9H2,1-2H3. The second-order valence-corrected chi connectivity index (χ2v) is 5.65. The number of benzene rings is 1. The molecule has 1 aromatic heterocycles. The van der Waals surface area contributed by atoms with Crippen LogP contribution in [0.2, 0.25) is 0 Å². The molecule has 0 aliphatic carbocycles. The van der Waals surface area contributed by atoms with Crippen LogP contribution in [0.15, 0.2) is 30.3 Å². The monoisotopic (exact) mass is 281 g/mol. The lowest BCUT2D eigenvalue weighted by Crippen LogP contribution is -2.17. The lowest BCUT2D eigenvalue weighted by atomic mass is 10.0. The number of hydrogen-bond donors (Lipinski definition) is 1. The topological polar surface area (TPSA) is 12.0 Å². The van der Waals surface area contributed by atoms with Crippen molar-refractivity contribution in [2.24, 2.45) is 0 Å². The van der Waals surface area contributed by atoms with Crippen LogP contribution in [0, 0.1) is 11.6 Å². The van der Waals surface area contributed by atoms with Gasteiger partial charge in [-0.2, -0.15) is 0 Å². The van der Waals surface area contributed by atoms with Crippen LogP contribution in [0.25, 0.3) is 0 Å². The van der Waals surface area contributed by atoms with Crippen molar-refractivity contribution in [3.8, 4) is 0 Å². The zero-order chi connectivity index (χ0) is 13.8. The minimum absolute atomic E-state index is 0.134. The van der Waals surface area contributed by atoms with E-state index in [4.69, 9.17) is 0 Å². The average Bonchev–Trinajstić information content (AvgIpc) is 2.88. The average molecular weight is 281 g/mol. The van der Waals surface area contributed by atoms with Crippen LogP contribution in [0.1, 0.15) is 28.3 Å². The molecular formula is C15H17F2NS. The molecule has 0 radical (unpaired) electrons. The Labute approximate surface area is 116 Å². The Hall–Kier alpha value is -1.26. The zero-order valence-corrected chi connectivity index (χ0v) is 11.9. The van der Waals surface area contributed by atoms with Gasteiger partial charge in [0.1, 0.15) is 0 Å². The minimum Gasteiger partial charge on any atom is -0.312 e. The highest BCUT2D eigenvalue weighted by Crippen LogP contribution is 2.26. The maximum absolute atomic E-state index is 13.2. The van der Waals surface area contributed by atoms with Gasteiger partial charge >= 0.3 is 0 Å². The van der Waals surface area contributed by atoms with Crippen LogP contribution < -0.4 is 5.32 Å². The van der Waals surface area contributed by atoms with Crippen LogP contribution in [-0.4, -0.2) is 7.05 Å². The van der Waals surface area contributed by atoms with E-state index < -0.39 is 11.6 Å². The Morgan fingerprint density at radius 2 is 1.95 bits per heavy atom. The van der Waals surface area contributed by atoms with Crippen molar-refractivity contribution in [3.63, 3.8) is 0 Å². The fourth-order valence-corrected chi connectivity index (χ4v) is 3.08. The molecule has 1 unspecified atom stereocenters. The molecule has 1 atom stereocenters. The number of aryl methyl sites for hydroxylation is 1. The molecule has 0 amide bonds. The van der Waals surface area contributed by atoms with Gasteiger partial charge in [-0.05, 0) is 49.7 Å². The summed E-state index contributed by atoms with van der Waals surface area (Å²) in [7, 11) is 1.88. The predicted octanol–water partition coefficient (Wildman–Crippen LogP) is 4.09. The first-order chi connectivity index (χ1) is 9.13. The summed E-state index contributed by atoms with van der Waals surface area (Å²) in [6, 6.07) is 8.45. The molecule has 102 valence electrons. The van der Waals surface area contributed by atoms with Gasteiger partial charge in [-0.15, -0.1) is 11.3 Å². The molecular weight excluding hydrogens is 264 g/mol. The molecule has 1 aromatic carbocycles. The van der Waals surface area contributed by atoms with E-state index in [1.54, 1.807) is 17.4 Å². The second-order valence-electron chi connectivity index (χ2n) is 4.45. The van der Waals surface area contributed by atoms with Crippen molar-refractivity contribution in [1.29, 1.82) is 0 Å². The van der Waals surface area contributed by atoms with Crippen LogP contribution in [0.4, 0.5) is 8.78 Å². The summed E-state index contributed by atoms with van der Waals surface area (Å²) in [5.74, 6) is -1.58. The van der Waals surface area contributed by atoms with Crippen LogP contribution in [0.3, 0.4) is 0 Å². The number of hydrogen-bond acceptors (Lipinski definition) is 2. The number of likely N-dealkylation sites (N-methyl/N-ethyl adjacent to an activating group) is 1. The van der Waals surface area contributed by atoms with Crippen molar-refractivity contribution >= 4 is 11.3 Å². The van der Waals surface area contributed by atoms with Crippen LogP contribution in [-0.2, 0) is 12.8 Å². The van der Waals surface area contributed by atoms with Crippen molar-refractivity contribution < 1.29 is 8.78 Å². The number of halogens is 2. The summed E-state index contributed by atoms with van der Waals surface area (Å²) >= 11 is 1.76. The fourth-order valence-electron chi connectivity index (χ4n) is 2.02. The summed E-state index contributed by atoms with van der Waals surface area (Å²) < 4.78 is 26.1. The van der Waals surface area contributed by atoms with E-state index in [2.05, 4.69) is 24.4 Å². The molecule has 1 heterocycles. The van der Waals surface area contributed by atoms with Gasteiger partial charge in [-0.25, -0.2) is 8.78 Å². The molecule has 0 bridgehead atoms. The van der Waals surface area contributed by atoms with Crippen molar-refractivity contribution in [2.75, 3.05) is 7.05 Å². The molecule has 0 aliphatic rings. The molecule has 0 saturated heterocycles. The van der Waals surface area contributed by atoms with Gasteiger partial charge in [0.05, 0.1) is 0 Å². The van der Waals surface area contributed by atoms with E-state index in [9.17, 15) is 8.78 Å². The fraction of sp³-hybridized carbons (Fsp3) is 0.333. The normalized spacial score (nSPS) is 12.6. The summed E-state index contributed by atoms with van der Waals surface area (Å²) in [6.07, 6.45) is 1.67. The third kappa shape index (κ3) is 3.39. The van der Waals surface area contributed by atoms with E-state index in [-0.39, 0.29) is 6.04 Å². The number of nitrogens with one attached hydrogen (secondary N) is 1. The van der Waals surface area contributed by atoms with E-state index in [1.165, 1.54) is 21.9 Å². The summed E-state index contributed by atoms with van der Waals surface area (Å²) in [4.78, 5) is 2.56. The van der Waals surface area contributed by atoms with Gasteiger partial charge in [-0.3, -0.25) is 0 Å². The molecule has 0 aliphatic heterocycles. The molecule has 2 rings (SSSR count). The lowest BCUT2D eigenvalue weighted by Gasteiger charge is -2.14. The van der Waals surface area contributed by atoms with Gasteiger partial charge in [0.2, 0.25) is 0 Å². The third-order valence-electron chi connectivity index (χ3n) is 3.15. The largest absolute Gasteiger partial charge is 0.312 e. The first-order valence-corrected chi connectivity index (χ1v) is 7.15. The molecule has 1 N–H and O–H groups in total. The van der Waals surface area contributed by atoms with Crippen molar-refractivity contribution in [3.05, 3.63) is 57.3 Å². The van der Waals surface area contributed by atoms with Gasteiger partial charge in [0.25, 0.3) is 0 Å². The quantitative estimate of drug-likeness (QED) is 0.870. The maximum Gasteiger partial charge on any atom is 0.159 e. The SMILES string of the molecule is CCc1ccc(C(Cc2ccc(F)c(F)c2)NC)s1. The molecule has 4 heteroatoms. The predicted molar refractivity (Wildman–Crippen MR) is 75.6 cm³/mol. The smallest absolute Gasteiger partial charge is 0.159 e. The molecule has 0 spiro atoms. The molecule has 1 nitrogen and oxygen atoms in total. The van der Waals surface area contributed by atoms with Crippen molar-refractivity contribution in [2.45, 2.75) is 25.8 Å².